The van der Waals surface area contributed by atoms with Crippen LogP contribution in [-0.2, 0) is 0 Å². The van der Waals surface area contributed by atoms with Crippen LogP contribution in [0.5, 0.6) is 5.88 Å². The largest absolute Gasteiger partial charge is 0.481 e. The summed E-state index contributed by atoms with van der Waals surface area (Å²) in [6.07, 6.45) is 1.44. The fourth-order valence-corrected chi connectivity index (χ4v) is 2.46. The van der Waals surface area contributed by atoms with Crippen LogP contribution < -0.4 is 4.74 Å². The summed E-state index contributed by atoms with van der Waals surface area (Å²) in [5.74, 6) is 1.47. The minimum atomic E-state index is 0.338. The maximum Gasteiger partial charge on any atom is 0.216 e. The molecule has 0 aliphatic carbocycles. The number of hydrogen-bond donors (Lipinski definition) is 1. The van der Waals surface area contributed by atoms with E-state index in [2.05, 4.69) is 33.8 Å². The Morgan fingerprint density at radius 3 is 2.63 bits per heavy atom. The predicted molar refractivity (Wildman–Crippen MR) is 75.8 cm³/mol. The first-order chi connectivity index (χ1) is 9.02. The third-order valence-corrected chi connectivity index (χ3v) is 3.14. The van der Waals surface area contributed by atoms with Crippen LogP contribution in [0.15, 0.2) is 12.4 Å². The van der Waals surface area contributed by atoms with E-state index in [4.69, 9.17) is 17.0 Å². The van der Waals surface area contributed by atoms with E-state index in [1.807, 2.05) is 6.92 Å². The highest BCUT2D eigenvalue weighted by atomic mass is 32.1. The Morgan fingerprint density at radius 2 is 2.05 bits per heavy atom. The van der Waals surface area contributed by atoms with Gasteiger partial charge in [-0.05, 0) is 12.8 Å². The van der Waals surface area contributed by atoms with Crippen LogP contribution in [0.3, 0.4) is 0 Å². The van der Waals surface area contributed by atoms with Gasteiger partial charge in [0.1, 0.15) is 16.7 Å². The molecular formula is C13H16N4OS. The standard InChI is InChI=1S/C13H16N4OS/c1-7(2)11-8(3)16-12(17-13(11)19)9-5-10(18-4)15-6-14-9/h5-7H,1-4H3,(H,16,17,19). The van der Waals surface area contributed by atoms with Gasteiger partial charge in [-0.3, -0.25) is 0 Å². The van der Waals surface area contributed by atoms with Gasteiger partial charge in [0.15, 0.2) is 5.82 Å². The molecule has 2 rings (SSSR count). The van der Waals surface area contributed by atoms with Crippen LogP contribution in [0.2, 0.25) is 0 Å². The molecule has 5 nitrogen and oxygen atoms in total. The van der Waals surface area contributed by atoms with Gasteiger partial charge >= 0.3 is 0 Å². The average molecular weight is 276 g/mol. The molecule has 0 saturated heterocycles. The molecule has 100 valence electrons. The van der Waals surface area contributed by atoms with Gasteiger partial charge in [-0.15, -0.1) is 0 Å². The minimum Gasteiger partial charge on any atom is -0.481 e. The number of aryl methyl sites for hydroxylation is 1. The maximum atomic E-state index is 5.36. The van der Waals surface area contributed by atoms with Crippen LogP contribution in [0.25, 0.3) is 11.5 Å². The molecule has 0 radical (unpaired) electrons. The summed E-state index contributed by atoms with van der Waals surface area (Å²) in [7, 11) is 1.56. The molecule has 0 spiro atoms. The van der Waals surface area contributed by atoms with Crippen molar-refractivity contribution in [3.05, 3.63) is 28.3 Å². The Morgan fingerprint density at radius 1 is 1.32 bits per heavy atom. The highest BCUT2D eigenvalue weighted by molar-refractivity contribution is 7.71. The summed E-state index contributed by atoms with van der Waals surface area (Å²) < 4.78 is 5.69. The van der Waals surface area contributed by atoms with Crippen molar-refractivity contribution in [3.63, 3.8) is 0 Å². The highest BCUT2D eigenvalue weighted by Crippen LogP contribution is 2.22. The predicted octanol–water partition coefficient (Wildman–Crippen LogP) is 3.04. The number of H-pyrrole nitrogens is 1. The monoisotopic (exact) mass is 276 g/mol. The molecule has 1 N–H and O–H groups in total. The minimum absolute atomic E-state index is 0.338. The summed E-state index contributed by atoms with van der Waals surface area (Å²) >= 11 is 5.36. The summed E-state index contributed by atoms with van der Waals surface area (Å²) in [5.41, 5.74) is 2.75. The second-order valence-electron chi connectivity index (χ2n) is 4.53. The third-order valence-electron chi connectivity index (χ3n) is 2.82. The lowest BCUT2D eigenvalue weighted by Crippen LogP contribution is -2.03. The van der Waals surface area contributed by atoms with Gasteiger partial charge in [-0.1, -0.05) is 26.1 Å². The van der Waals surface area contributed by atoms with E-state index >= 15 is 0 Å². The molecule has 0 aliphatic rings. The molecular weight excluding hydrogens is 260 g/mol. The van der Waals surface area contributed by atoms with Crippen molar-refractivity contribution in [2.24, 2.45) is 0 Å². The van der Waals surface area contributed by atoms with E-state index < -0.39 is 0 Å². The van der Waals surface area contributed by atoms with Gasteiger partial charge in [-0.2, -0.15) is 0 Å². The Bertz CT molecular complexity index is 651. The lowest BCUT2D eigenvalue weighted by molar-refractivity contribution is 0.397. The second kappa shape index (κ2) is 5.44. The molecule has 0 amide bonds. The van der Waals surface area contributed by atoms with Gasteiger partial charge in [0.2, 0.25) is 5.88 Å². The summed E-state index contributed by atoms with van der Waals surface area (Å²) in [6.45, 7) is 6.19. The molecule has 6 heteroatoms. The summed E-state index contributed by atoms with van der Waals surface area (Å²) in [4.78, 5) is 15.8. The molecule has 0 bridgehead atoms. The smallest absolute Gasteiger partial charge is 0.216 e. The fraction of sp³-hybridized carbons (Fsp3) is 0.385. The molecule has 0 aliphatic heterocycles. The van der Waals surface area contributed by atoms with Gasteiger partial charge in [-0.25, -0.2) is 15.0 Å². The van der Waals surface area contributed by atoms with Gasteiger partial charge in [0, 0.05) is 17.3 Å². The molecule has 0 fully saturated rings. The number of hydrogen-bond acceptors (Lipinski definition) is 5. The molecule has 2 heterocycles. The van der Waals surface area contributed by atoms with Crippen LogP contribution >= 0.6 is 12.2 Å². The number of aromatic amines is 1. The van der Waals surface area contributed by atoms with E-state index in [0.717, 1.165) is 11.3 Å². The first-order valence-corrected chi connectivity index (χ1v) is 6.41. The highest BCUT2D eigenvalue weighted by Gasteiger charge is 2.11. The zero-order chi connectivity index (χ0) is 14.0. The lowest BCUT2D eigenvalue weighted by atomic mass is 10.0. The molecule has 0 atom stereocenters. The molecule has 0 unspecified atom stereocenters. The van der Waals surface area contributed by atoms with E-state index in [9.17, 15) is 0 Å². The van der Waals surface area contributed by atoms with E-state index in [0.29, 0.717) is 28.0 Å². The summed E-state index contributed by atoms with van der Waals surface area (Å²) in [5, 5.41) is 0. The van der Waals surface area contributed by atoms with Crippen LogP contribution in [0.1, 0.15) is 31.0 Å². The number of nitrogens with zero attached hydrogens (tertiary/aromatic N) is 3. The quantitative estimate of drug-likeness (QED) is 0.873. The second-order valence-corrected chi connectivity index (χ2v) is 4.92. The first kappa shape index (κ1) is 13.6. The maximum absolute atomic E-state index is 5.36. The van der Waals surface area contributed by atoms with Crippen molar-refractivity contribution in [3.8, 4) is 17.4 Å². The first-order valence-electron chi connectivity index (χ1n) is 6.00. The number of aromatic nitrogens is 4. The molecule has 2 aromatic heterocycles. The molecule has 0 aromatic carbocycles. The van der Waals surface area contributed by atoms with Crippen molar-refractivity contribution < 1.29 is 4.74 Å². The van der Waals surface area contributed by atoms with Crippen LogP contribution in [0, 0.1) is 11.6 Å². The van der Waals surface area contributed by atoms with E-state index in [1.165, 1.54) is 6.33 Å². The number of rotatable bonds is 3. The SMILES string of the molecule is COc1cc(-c2nc(=S)c(C(C)C)c(C)[nH]2)ncn1. The topological polar surface area (TPSA) is 63.7 Å². The molecule has 19 heavy (non-hydrogen) atoms. The van der Waals surface area contributed by atoms with Crippen molar-refractivity contribution in [1.82, 2.24) is 19.9 Å². The van der Waals surface area contributed by atoms with Gasteiger partial charge < -0.3 is 9.72 Å². The number of nitrogens with one attached hydrogen (secondary N) is 1. The van der Waals surface area contributed by atoms with E-state index in [1.54, 1.807) is 13.2 Å². The van der Waals surface area contributed by atoms with Crippen LogP contribution in [-0.4, -0.2) is 27.0 Å². The Kier molecular flexibility index (Phi) is 3.90. The van der Waals surface area contributed by atoms with Gasteiger partial charge in [0.25, 0.3) is 0 Å². The zero-order valence-electron chi connectivity index (χ0n) is 11.4. The third kappa shape index (κ3) is 2.78. The fourth-order valence-electron chi connectivity index (χ4n) is 1.98. The number of ether oxygens (including phenoxy) is 1. The normalized spacial score (nSPS) is 10.8. The van der Waals surface area contributed by atoms with E-state index in [-0.39, 0.29) is 0 Å². The van der Waals surface area contributed by atoms with Crippen molar-refractivity contribution in [1.29, 1.82) is 0 Å². The molecule has 2 aromatic rings. The average Bonchev–Trinajstić information content (AvgIpc) is 2.37. The Hall–Kier alpha value is -1.82. The van der Waals surface area contributed by atoms with Gasteiger partial charge in [0.05, 0.1) is 7.11 Å². The Balaban J connectivity index is 2.55. The Labute approximate surface area is 117 Å². The van der Waals surface area contributed by atoms with Crippen LogP contribution in [0.4, 0.5) is 0 Å². The molecule has 0 saturated carbocycles. The van der Waals surface area contributed by atoms with Crippen molar-refractivity contribution >= 4 is 12.2 Å². The van der Waals surface area contributed by atoms with Crippen molar-refractivity contribution in [2.75, 3.05) is 7.11 Å². The number of methoxy groups -OCH3 is 1. The van der Waals surface area contributed by atoms with Crippen molar-refractivity contribution in [2.45, 2.75) is 26.7 Å². The lowest BCUT2D eigenvalue weighted by Gasteiger charge is -2.11. The zero-order valence-corrected chi connectivity index (χ0v) is 12.2. The summed E-state index contributed by atoms with van der Waals surface area (Å²) in [6, 6.07) is 1.72.